The van der Waals surface area contributed by atoms with Gasteiger partial charge in [0.25, 0.3) is 0 Å². The van der Waals surface area contributed by atoms with Crippen LogP contribution in [0.15, 0.2) is 24.3 Å². The van der Waals surface area contributed by atoms with Crippen molar-refractivity contribution in [2.24, 2.45) is 0 Å². The van der Waals surface area contributed by atoms with Gasteiger partial charge in [-0.2, -0.15) is 18.3 Å². The fourth-order valence-corrected chi connectivity index (χ4v) is 4.75. The predicted molar refractivity (Wildman–Crippen MR) is 112 cm³/mol. The Kier molecular flexibility index (Phi) is 6.05. The zero-order valence-corrected chi connectivity index (χ0v) is 18.1. The van der Waals surface area contributed by atoms with Crippen molar-refractivity contribution in [3.05, 3.63) is 35.5 Å². The first-order valence-corrected chi connectivity index (χ1v) is 10.7. The molecule has 0 amide bonds. The third-order valence-corrected chi connectivity index (χ3v) is 6.34. The van der Waals surface area contributed by atoms with Gasteiger partial charge in [-0.05, 0) is 38.3 Å². The van der Waals surface area contributed by atoms with Crippen molar-refractivity contribution in [1.82, 2.24) is 14.7 Å². The van der Waals surface area contributed by atoms with Crippen LogP contribution in [-0.2, 0) is 6.54 Å². The van der Waals surface area contributed by atoms with Crippen molar-refractivity contribution >= 4 is 5.82 Å². The lowest BCUT2D eigenvalue weighted by molar-refractivity contribution is -0.173. The molecule has 31 heavy (non-hydrogen) atoms. The number of para-hydroxylation sites is 1. The van der Waals surface area contributed by atoms with Gasteiger partial charge in [0.15, 0.2) is 17.5 Å². The van der Waals surface area contributed by atoms with E-state index >= 15 is 0 Å². The van der Waals surface area contributed by atoms with Gasteiger partial charge in [-0.3, -0.25) is 4.90 Å². The van der Waals surface area contributed by atoms with E-state index in [1.165, 1.54) is 0 Å². The molecule has 0 bridgehead atoms. The van der Waals surface area contributed by atoms with Crippen molar-refractivity contribution in [2.45, 2.75) is 63.5 Å². The minimum Gasteiger partial charge on any atom is -0.493 e. The maximum Gasteiger partial charge on any atom is 0.410 e. The maximum atomic E-state index is 13.7. The Morgan fingerprint density at radius 2 is 2.03 bits per heavy atom. The summed E-state index contributed by atoms with van der Waals surface area (Å²) in [7, 11) is 3.21. The van der Waals surface area contributed by atoms with Crippen LogP contribution in [0, 0.1) is 0 Å². The van der Waals surface area contributed by atoms with Crippen LogP contribution < -0.4 is 14.8 Å². The molecule has 2 aliphatic rings. The molecule has 170 valence electrons. The first kappa shape index (κ1) is 21.8. The summed E-state index contributed by atoms with van der Waals surface area (Å²) in [6.45, 7) is 3.36. The molecule has 3 heterocycles. The number of halogens is 3. The zero-order valence-electron chi connectivity index (χ0n) is 18.1. The number of nitrogens with zero attached hydrogens (tertiary/aromatic N) is 3. The highest BCUT2D eigenvalue weighted by Crippen LogP contribution is 2.43. The second-order valence-corrected chi connectivity index (χ2v) is 8.22. The summed E-state index contributed by atoms with van der Waals surface area (Å²) in [5, 5.41) is 7.69. The molecule has 6 nitrogen and oxygen atoms in total. The monoisotopic (exact) mass is 438 g/mol. The second-order valence-electron chi connectivity index (χ2n) is 8.22. The van der Waals surface area contributed by atoms with E-state index < -0.39 is 12.2 Å². The average Bonchev–Trinajstić information content (AvgIpc) is 3.38. The Balaban J connectivity index is 1.61. The topological polar surface area (TPSA) is 51.6 Å². The molecule has 0 aliphatic carbocycles. The molecule has 1 aromatic heterocycles. The van der Waals surface area contributed by atoms with E-state index in [1.807, 2.05) is 25.1 Å². The number of ether oxygens (including phenoxy) is 2. The minimum atomic E-state index is -4.32. The molecule has 2 aromatic rings. The van der Waals surface area contributed by atoms with Crippen LogP contribution in [0.5, 0.6) is 11.5 Å². The van der Waals surface area contributed by atoms with E-state index in [9.17, 15) is 13.2 Å². The third-order valence-electron chi connectivity index (χ3n) is 6.34. The van der Waals surface area contributed by atoms with Gasteiger partial charge in [-0.25, -0.2) is 4.68 Å². The second kappa shape index (κ2) is 8.61. The molecule has 0 saturated carbocycles. The molecular weight excluding hydrogens is 409 g/mol. The fraction of sp³-hybridized carbons (Fsp3) is 0.591. The number of alkyl halides is 3. The number of likely N-dealkylation sites (tertiary alicyclic amines) is 1. The number of rotatable bonds is 6. The highest BCUT2D eigenvalue weighted by Gasteiger charge is 2.46. The van der Waals surface area contributed by atoms with Crippen molar-refractivity contribution in [3.8, 4) is 11.5 Å². The van der Waals surface area contributed by atoms with Crippen LogP contribution >= 0.6 is 0 Å². The Labute approximate surface area is 180 Å². The molecule has 4 rings (SSSR count). The SMILES string of the molecule is CC[C@@H]1C[C@H](C(F)(F)F)n2nc([C@@H]3CCCN3Cc3cccc(OC)c3OC)cc2N1. The van der Waals surface area contributed by atoms with Crippen molar-refractivity contribution in [2.75, 3.05) is 26.1 Å². The Morgan fingerprint density at radius 1 is 1.23 bits per heavy atom. The van der Waals surface area contributed by atoms with Gasteiger partial charge in [0.2, 0.25) is 0 Å². The average molecular weight is 438 g/mol. The van der Waals surface area contributed by atoms with Gasteiger partial charge in [-0.1, -0.05) is 19.1 Å². The third kappa shape index (κ3) is 4.20. The number of anilines is 1. The van der Waals surface area contributed by atoms with Gasteiger partial charge in [0.05, 0.1) is 26.0 Å². The van der Waals surface area contributed by atoms with E-state index in [4.69, 9.17) is 9.47 Å². The lowest BCUT2D eigenvalue weighted by atomic mass is 10.0. The summed E-state index contributed by atoms with van der Waals surface area (Å²) in [5.74, 6) is 1.81. The molecule has 0 unspecified atom stereocenters. The van der Waals surface area contributed by atoms with Crippen LogP contribution in [0.2, 0.25) is 0 Å². The van der Waals surface area contributed by atoms with Gasteiger partial charge < -0.3 is 14.8 Å². The quantitative estimate of drug-likeness (QED) is 0.693. The number of nitrogens with one attached hydrogen (secondary N) is 1. The Morgan fingerprint density at radius 3 is 2.71 bits per heavy atom. The zero-order chi connectivity index (χ0) is 22.2. The lowest BCUT2D eigenvalue weighted by Gasteiger charge is -2.32. The number of aromatic nitrogens is 2. The highest BCUT2D eigenvalue weighted by atomic mass is 19.4. The molecule has 1 aromatic carbocycles. The summed E-state index contributed by atoms with van der Waals surface area (Å²) >= 11 is 0. The van der Waals surface area contributed by atoms with E-state index in [1.54, 1.807) is 20.3 Å². The van der Waals surface area contributed by atoms with Crippen LogP contribution in [0.4, 0.5) is 19.0 Å². The number of hydrogen-bond donors (Lipinski definition) is 1. The predicted octanol–water partition coefficient (Wildman–Crippen LogP) is 4.94. The van der Waals surface area contributed by atoms with E-state index in [2.05, 4.69) is 15.3 Å². The minimum absolute atomic E-state index is 0.00348. The molecule has 1 N–H and O–H groups in total. The molecule has 9 heteroatoms. The molecular formula is C22H29F3N4O2. The fourth-order valence-electron chi connectivity index (χ4n) is 4.75. The highest BCUT2D eigenvalue weighted by molar-refractivity contribution is 5.47. The molecule has 3 atom stereocenters. The van der Waals surface area contributed by atoms with Crippen LogP contribution in [0.3, 0.4) is 0 Å². The molecule has 1 saturated heterocycles. The van der Waals surface area contributed by atoms with Gasteiger partial charge in [0, 0.05) is 24.2 Å². The van der Waals surface area contributed by atoms with Gasteiger partial charge >= 0.3 is 6.18 Å². The van der Waals surface area contributed by atoms with Crippen LogP contribution in [-0.4, -0.2) is 47.7 Å². The largest absolute Gasteiger partial charge is 0.493 e. The summed E-state index contributed by atoms with van der Waals surface area (Å²) in [6, 6.07) is 5.72. The molecule has 0 spiro atoms. The summed E-state index contributed by atoms with van der Waals surface area (Å²) in [6.07, 6.45) is -1.86. The van der Waals surface area contributed by atoms with E-state index in [0.29, 0.717) is 36.0 Å². The maximum absolute atomic E-state index is 13.7. The van der Waals surface area contributed by atoms with E-state index in [0.717, 1.165) is 29.6 Å². The van der Waals surface area contributed by atoms with Crippen molar-refractivity contribution in [1.29, 1.82) is 0 Å². The van der Waals surface area contributed by atoms with Gasteiger partial charge in [-0.15, -0.1) is 0 Å². The first-order valence-electron chi connectivity index (χ1n) is 10.7. The normalized spacial score (nSPS) is 24.0. The van der Waals surface area contributed by atoms with E-state index in [-0.39, 0.29) is 18.5 Å². The smallest absolute Gasteiger partial charge is 0.410 e. The number of benzene rings is 1. The van der Waals surface area contributed by atoms with Crippen molar-refractivity contribution < 1.29 is 22.6 Å². The summed E-state index contributed by atoms with van der Waals surface area (Å²) < 4.78 is 53.2. The van der Waals surface area contributed by atoms with Crippen molar-refractivity contribution in [3.63, 3.8) is 0 Å². The Hall–Kier alpha value is -2.42. The standard InChI is InChI=1S/C22H29F3N4O2/c1-4-15-11-19(22(23,24)25)29-20(26-15)12-16(27-29)17-8-6-10-28(17)13-14-7-5-9-18(30-2)21(14)31-3/h5,7,9,12,15,17,19,26H,4,6,8,10-11,13H2,1-3H3/t15-,17+,19-/m1/s1. The Bertz CT molecular complexity index is 915. The number of fused-ring (bicyclic) bond motifs is 1. The van der Waals surface area contributed by atoms with Gasteiger partial charge in [0.1, 0.15) is 5.82 Å². The summed E-state index contributed by atoms with van der Waals surface area (Å²) in [4.78, 5) is 2.26. The first-order chi connectivity index (χ1) is 14.9. The molecule has 0 radical (unpaired) electrons. The van der Waals surface area contributed by atoms with Crippen LogP contribution in [0.1, 0.15) is 55.9 Å². The lowest BCUT2D eigenvalue weighted by Crippen LogP contribution is -2.38. The number of methoxy groups -OCH3 is 2. The number of hydrogen-bond acceptors (Lipinski definition) is 5. The molecule has 2 aliphatic heterocycles. The van der Waals surface area contributed by atoms with Crippen LogP contribution in [0.25, 0.3) is 0 Å². The summed E-state index contributed by atoms with van der Waals surface area (Å²) in [5.41, 5.74) is 1.67. The molecule has 1 fully saturated rings.